The molecule has 12 heteroatoms. The number of amides is 4. The van der Waals surface area contributed by atoms with E-state index in [1.807, 2.05) is 86.6 Å². The second-order valence-electron chi connectivity index (χ2n) is 12.3. The quantitative estimate of drug-likeness (QED) is 0.139. The molecular weight excluding hydrogens is 622 g/mol. The highest BCUT2D eigenvalue weighted by Crippen LogP contribution is 2.16. The number of aliphatic hydroxyl groups is 1. The highest BCUT2D eigenvalue weighted by Gasteiger charge is 2.31. The first-order valence-corrected chi connectivity index (χ1v) is 16.3. The van der Waals surface area contributed by atoms with E-state index in [9.17, 15) is 19.5 Å². The molecule has 4 amide bonds. The Bertz CT molecular complexity index is 1580. The summed E-state index contributed by atoms with van der Waals surface area (Å²) >= 11 is 0. The SMILES string of the molecule is CC(C)[C@H](NC(=O)N(C)Cc1ccccn1)C(=O)N[C@@H](Cc1ccccc1)C[C@H](O)[C@H](Cc1ccccc1)NC(=O)OCc1cncnc1. The first-order valence-electron chi connectivity index (χ1n) is 16.3. The van der Waals surface area contributed by atoms with Gasteiger partial charge >= 0.3 is 12.1 Å². The monoisotopic (exact) mass is 667 g/mol. The minimum absolute atomic E-state index is 0.0348. The van der Waals surface area contributed by atoms with E-state index < -0.39 is 36.4 Å². The van der Waals surface area contributed by atoms with Crippen molar-refractivity contribution in [2.45, 2.75) is 70.5 Å². The minimum atomic E-state index is -1.07. The number of rotatable bonds is 16. The molecule has 258 valence electrons. The standard InChI is InChI=1S/C37H45N7O5/c1-26(2)34(43-36(47)44(3)23-30-16-10-11-17-40-30)35(46)41-31(18-27-12-6-4-7-13-27)20-33(45)32(19-28-14-8-5-9-15-28)42-37(48)49-24-29-21-38-25-39-22-29/h4-17,21-22,25-26,31-34,45H,18-20,23-24H2,1-3H3,(H,41,46)(H,42,48)(H,43,47)/t31-,32-,33-,34-/m0/s1. The number of ether oxygens (including phenoxy) is 1. The van der Waals surface area contributed by atoms with Crippen LogP contribution in [-0.4, -0.2) is 74.3 Å². The van der Waals surface area contributed by atoms with E-state index in [2.05, 4.69) is 30.9 Å². The molecule has 12 nitrogen and oxygen atoms in total. The molecule has 0 bridgehead atoms. The van der Waals surface area contributed by atoms with E-state index in [1.54, 1.807) is 31.7 Å². The lowest BCUT2D eigenvalue weighted by atomic mass is 9.93. The summed E-state index contributed by atoms with van der Waals surface area (Å²) in [5, 5.41) is 20.4. The van der Waals surface area contributed by atoms with Crippen molar-refractivity contribution in [3.05, 3.63) is 126 Å². The third-order valence-corrected chi connectivity index (χ3v) is 7.95. The fourth-order valence-corrected chi connectivity index (χ4v) is 5.32. The van der Waals surface area contributed by atoms with Crippen LogP contribution in [0.1, 0.15) is 42.7 Å². The Labute approximate surface area is 287 Å². The molecule has 4 N–H and O–H groups in total. The van der Waals surface area contributed by atoms with Crippen molar-refractivity contribution in [3.8, 4) is 0 Å². The zero-order chi connectivity index (χ0) is 35.0. The smallest absolute Gasteiger partial charge is 0.407 e. The minimum Gasteiger partial charge on any atom is -0.445 e. The molecule has 0 aliphatic heterocycles. The van der Waals surface area contributed by atoms with Crippen LogP contribution in [0.15, 0.2) is 104 Å². The van der Waals surface area contributed by atoms with E-state index in [1.165, 1.54) is 11.2 Å². The molecule has 0 saturated heterocycles. The second-order valence-corrected chi connectivity index (χ2v) is 12.3. The van der Waals surface area contributed by atoms with Crippen LogP contribution in [0.2, 0.25) is 0 Å². The van der Waals surface area contributed by atoms with Crippen molar-refractivity contribution in [2.75, 3.05) is 7.05 Å². The molecule has 4 aromatic rings. The molecule has 0 spiro atoms. The number of benzene rings is 2. The molecule has 0 unspecified atom stereocenters. The molecule has 4 atom stereocenters. The van der Waals surface area contributed by atoms with Gasteiger partial charge in [0.05, 0.1) is 24.4 Å². The van der Waals surface area contributed by atoms with Crippen LogP contribution >= 0.6 is 0 Å². The molecule has 2 aromatic heterocycles. The van der Waals surface area contributed by atoms with Crippen LogP contribution in [0.4, 0.5) is 9.59 Å². The van der Waals surface area contributed by atoms with Crippen molar-refractivity contribution in [1.82, 2.24) is 35.8 Å². The van der Waals surface area contributed by atoms with Crippen LogP contribution in [-0.2, 0) is 35.5 Å². The van der Waals surface area contributed by atoms with Crippen molar-refractivity contribution in [3.63, 3.8) is 0 Å². The van der Waals surface area contributed by atoms with Gasteiger partial charge in [-0.1, -0.05) is 80.6 Å². The molecular formula is C37H45N7O5. The van der Waals surface area contributed by atoms with Crippen LogP contribution in [0.5, 0.6) is 0 Å². The van der Waals surface area contributed by atoms with Crippen LogP contribution < -0.4 is 16.0 Å². The maximum absolute atomic E-state index is 13.8. The van der Waals surface area contributed by atoms with Gasteiger partial charge in [-0.2, -0.15) is 0 Å². The number of alkyl carbamates (subject to hydrolysis) is 1. The van der Waals surface area contributed by atoms with Crippen LogP contribution in [0.3, 0.4) is 0 Å². The van der Waals surface area contributed by atoms with Gasteiger partial charge in [0.2, 0.25) is 5.91 Å². The fraction of sp³-hybridized carbons (Fsp3) is 0.351. The number of nitrogens with one attached hydrogen (secondary N) is 3. The predicted octanol–water partition coefficient (Wildman–Crippen LogP) is 4.05. The van der Waals surface area contributed by atoms with Crippen molar-refractivity contribution in [1.29, 1.82) is 0 Å². The second kappa shape index (κ2) is 18.8. The van der Waals surface area contributed by atoms with E-state index in [0.29, 0.717) is 18.4 Å². The summed E-state index contributed by atoms with van der Waals surface area (Å²) in [6.45, 7) is 3.96. The zero-order valence-corrected chi connectivity index (χ0v) is 28.1. The molecule has 2 aromatic carbocycles. The summed E-state index contributed by atoms with van der Waals surface area (Å²) in [7, 11) is 1.65. The normalized spacial score (nSPS) is 13.4. The predicted molar refractivity (Wildman–Crippen MR) is 185 cm³/mol. The van der Waals surface area contributed by atoms with Gasteiger partial charge < -0.3 is 30.7 Å². The van der Waals surface area contributed by atoms with E-state index in [4.69, 9.17) is 4.74 Å². The number of carbonyl (C=O) groups excluding carboxylic acids is 3. The maximum atomic E-state index is 13.8. The Morgan fingerprint density at radius 2 is 1.45 bits per heavy atom. The zero-order valence-electron chi connectivity index (χ0n) is 28.1. The summed E-state index contributed by atoms with van der Waals surface area (Å²) in [6, 6.07) is 22.1. The van der Waals surface area contributed by atoms with Gasteiger partial charge in [0.15, 0.2) is 0 Å². The molecule has 0 fully saturated rings. The van der Waals surface area contributed by atoms with Gasteiger partial charge in [0, 0.05) is 37.2 Å². The third-order valence-electron chi connectivity index (χ3n) is 7.95. The summed E-state index contributed by atoms with van der Waals surface area (Å²) in [5.74, 6) is -0.605. The fourth-order valence-electron chi connectivity index (χ4n) is 5.32. The molecule has 0 aliphatic rings. The lowest BCUT2D eigenvalue weighted by Gasteiger charge is -2.30. The van der Waals surface area contributed by atoms with Crippen molar-refractivity contribution in [2.24, 2.45) is 5.92 Å². The maximum Gasteiger partial charge on any atom is 0.407 e. The largest absolute Gasteiger partial charge is 0.445 e. The number of pyridine rings is 1. The Kier molecular flexibility index (Phi) is 14.0. The number of urea groups is 1. The third kappa shape index (κ3) is 12.3. The number of nitrogens with zero attached hydrogens (tertiary/aromatic N) is 4. The Hall–Kier alpha value is -5.36. The Morgan fingerprint density at radius 3 is 2.06 bits per heavy atom. The highest BCUT2D eigenvalue weighted by atomic mass is 16.5. The first-order chi connectivity index (χ1) is 23.7. The van der Waals surface area contributed by atoms with Gasteiger partial charge in [0.1, 0.15) is 19.0 Å². The topological polar surface area (TPSA) is 159 Å². The summed E-state index contributed by atoms with van der Waals surface area (Å²) < 4.78 is 5.40. The van der Waals surface area contributed by atoms with Crippen LogP contribution in [0.25, 0.3) is 0 Å². The van der Waals surface area contributed by atoms with Gasteiger partial charge in [0.25, 0.3) is 0 Å². The average molecular weight is 668 g/mol. The van der Waals surface area contributed by atoms with Gasteiger partial charge in [-0.05, 0) is 48.4 Å². The van der Waals surface area contributed by atoms with E-state index >= 15 is 0 Å². The number of aromatic nitrogens is 3. The van der Waals surface area contributed by atoms with Gasteiger partial charge in [-0.15, -0.1) is 0 Å². The molecule has 0 radical (unpaired) electrons. The molecule has 49 heavy (non-hydrogen) atoms. The van der Waals surface area contributed by atoms with E-state index in [-0.39, 0.29) is 31.4 Å². The Balaban J connectivity index is 1.47. The Morgan fingerprint density at radius 1 is 0.816 bits per heavy atom. The number of aliphatic hydroxyl groups excluding tert-OH is 1. The summed E-state index contributed by atoms with van der Waals surface area (Å²) in [4.78, 5) is 53.5. The number of carbonyl (C=O) groups is 3. The van der Waals surface area contributed by atoms with Crippen LogP contribution in [0, 0.1) is 5.92 Å². The van der Waals surface area contributed by atoms with Crippen molar-refractivity contribution >= 4 is 18.0 Å². The van der Waals surface area contributed by atoms with Crippen molar-refractivity contribution < 1.29 is 24.2 Å². The number of hydrogen-bond acceptors (Lipinski definition) is 8. The van der Waals surface area contributed by atoms with E-state index in [0.717, 1.165) is 16.8 Å². The summed E-state index contributed by atoms with van der Waals surface area (Å²) in [6.07, 6.45) is 5.24. The average Bonchev–Trinajstić information content (AvgIpc) is 3.10. The van der Waals surface area contributed by atoms with Gasteiger partial charge in [-0.3, -0.25) is 9.78 Å². The lowest BCUT2D eigenvalue weighted by Crippen LogP contribution is -2.55. The molecule has 0 saturated carbocycles. The lowest BCUT2D eigenvalue weighted by molar-refractivity contribution is -0.124. The molecule has 0 aliphatic carbocycles. The molecule has 4 rings (SSSR count). The summed E-state index contributed by atoms with van der Waals surface area (Å²) in [5.41, 5.74) is 3.21. The highest BCUT2D eigenvalue weighted by molar-refractivity contribution is 5.87. The molecule has 2 heterocycles. The number of hydrogen-bond donors (Lipinski definition) is 4. The first kappa shape index (κ1) is 36.5. The van der Waals surface area contributed by atoms with Gasteiger partial charge in [-0.25, -0.2) is 19.6 Å².